The molecule has 0 aromatic carbocycles. The fraction of sp³-hybridized carbons (Fsp3) is 0.889. The number of carbonyl (C=O) groups is 2. The number of sulfone groups is 1. The molecule has 0 radical (unpaired) electrons. The van der Waals surface area contributed by atoms with Gasteiger partial charge in [-0.3, -0.25) is 14.6 Å². The standard InChI is InChI=1S/C18H31N3O5S/c1-18(2,3)26-17(23)21-7-4-5-15(21)16(22)20-10-8-19(9-11-20)14-6-12-27(24,25)13-14/h14-15H,4-13H2,1-3H3/t14?,15-/m0/s1. The van der Waals surface area contributed by atoms with Crippen LogP contribution in [0, 0.1) is 0 Å². The summed E-state index contributed by atoms with van der Waals surface area (Å²) in [5, 5.41) is 0. The van der Waals surface area contributed by atoms with Gasteiger partial charge in [-0.2, -0.15) is 0 Å². The Kier molecular flexibility index (Phi) is 5.72. The molecule has 154 valence electrons. The third-order valence-electron chi connectivity index (χ3n) is 5.52. The van der Waals surface area contributed by atoms with Gasteiger partial charge in [0.05, 0.1) is 11.5 Å². The number of hydrogen-bond acceptors (Lipinski definition) is 6. The maximum Gasteiger partial charge on any atom is 0.410 e. The number of piperazine rings is 1. The summed E-state index contributed by atoms with van der Waals surface area (Å²) in [6, 6.07) is -0.366. The molecule has 27 heavy (non-hydrogen) atoms. The Morgan fingerprint density at radius 1 is 1.00 bits per heavy atom. The number of likely N-dealkylation sites (tertiary alicyclic amines) is 1. The Labute approximate surface area is 161 Å². The highest BCUT2D eigenvalue weighted by atomic mass is 32.2. The van der Waals surface area contributed by atoms with Crippen LogP contribution in [0.25, 0.3) is 0 Å². The zero-order valence-corrected chi connectivity index (χ0v) is 17.3. The van der Waals surface area contributed by atoms with Crippen LogP contribution in [0.3, 0.4) is 0 Å². The van der Waals surface area contributed by atoms with Crippen molar-refractivity contribution in [2.45, 2.75) is 57.7 Å². The van der Waals surface area contributed by atoms with E-state index in [2.05, 4.69) is 4.90 Å². The zero-order valence-electron chi connectivity index (χ0n) is 16.5. The third-order valence-corrected chi connectivity index (χ3v) is 7.27. The van der Waals surface area contributed by atoms with Gasteiger partial charge in [-0.05, 0) is 40.0 Å². The van der Waals surface area contributed by atoms with Crippen molar-refractivity contribution in [2.24, 2.45) is 0 Å². The normalized spacial score (nSPS) is 29.1. The Bertz CT molecular complexity index is 680. The minimum atomic E-state index is -2.90. The van der Waals surface area contributed by atoms with Crippen molar-refractivity contribution in [3.05, 3.63) is 0 Å². The smallest absolute Gasteiger partial charge is 0.410 e. The fourth-order valence-corrected chi connectivity index (χ4v) is 5.91. The molecule has 2 amide bonds. The van der Waals surface area contributed by atoms with Gasteiger partial charge < -0.3 is 9.64 Å². The number of rotatable bonds is 2. The summed E-state index contributed by atoms with van der Waals surface area (Å²) in [5.74, 6) is 0.483. The van der Waals surface area contributed by atoms with Gasteiger partial charge in [0.25, 0.3) is 0 Å². The average molecular weight is 402 g/mol. The molecule has 9 heteroatoms. The third kappa shape index (κ3) is 4.93. The van der Waals surface area contributed by atoms with Crippen molar-refractivity contribution in [1.29, 1.82) is 0 Å². The van der Waals surface area contributed by atoms with E-state index in [1.807, 2.05) is 25.7 Å². The van der Waals surface area contributed by atoms with Gasteiger partial charge in [0.2, 0.25) is 5.91 Å². The predicted molar refractivity (Wildman–Crippen MR) is 101 cm³/mol. The van der Waals surface area contributed by atoms with Crippen molar-refractivity contribution in [1.82, 2.24) is 14.7 Å². The van der Waals surface area contributed by atoms with Gasteiger partial charge in [-0.1, -0.05) is 0 Å². The van der Waals surface area contributed by atoms with Crippen LogP contribution in [-0.4, -0.2) is 97.0 Å². The summed E-state index contributed by atoms with van der Waals surface area (Å²) in [5.41, 5.74) is -0.583. The van der Waals surface area contributed by atoms with Crippen molar-refractivity contribution < 1.29 is 22.7 Å². The quantitative estimate of drug-likeness (QED) is 0.678. The zero-order chi connectivity index (χ0) is 19.8. The van der Waals surface area contributed by atoms with E-state index < -0.39 is 27.6 Å². The second-order valence-corrected chi connectivity index (χ2v) is 11.0. The second-order valence-electron chi connectivity index (χ2n) is 8.75. The average Bonchev–Trinajstić information content (AvgIpc) is 3.19. The lowest BCUT2D eigenvalue weighted by atomic mass is 10.1. The summed E-state index contributed by atoms with van der Waals surface area (Å²) in [7, 11) is -2.90. The van der Waals surface area contributed by atoms with E-state index in [0.717, 1.165) is 6.42 Å². The summed E-state index contributed by atoms with van der Waals surface area (Å²) in [6.45, 7) is 8.53. The molecule has 0 aromatic heterocycles. The molecule has 3 heterocycles. The highest BCUT2D eigenvalue weighted by Crippen LogP contribution is 2.24. The number of ether oxygens (including phenoxy) is 1. The minimum absolute atomic E-state index is 0.0166. The molecule has 3 rings (SSSR count). The first-order valence-corrected chi connectivity index (χ1v) is 11.6. The molecular formula is C18H31N3O5S. The van der Waals surface area contributed by atoms with Crippen molar-refractivity contribution >= 4 is 21.8 Å². The molecule has 0 saturated carbocycles. The van der Waals surface area contributed by atoms with Crippen LogP contribution in [0.15, 0.2) is 0 Å². The van der Waals surface area contributed by atoms with Gasteiger partial charge in [-0.25, -0.2) is 13.2 Å². The largest absolute Gasteiger partial charge is 0.444 e. The SMILES string of the molecule is CC(C)(C)OC(=O)N1CCC[C@H]1C(=O)N1CCN(C2CCS(=O)(=O)C2)CC1. The Hall–Kier alpha value is -1.35. The lowest BCUT2D eigenvalue weighted by Gasteiger charge is -2.39. The summed E-state index contributed by atoms with van der Waals surface area (Å²) in [6.07, 6.45) is 1.73. The van der Waals surface area contributed by atoms with E-state index in [9.17, 15) is 18.0 Å². The molecule has 3 aliphatic heterocycles. The molecule has 2 atom stereocenters. The van der Waals surface area contributed by atoms with Crippen molar-refractivity contribution in [2.75, 3.05) is 44.2 Å². The summed E-state index contributed by atoms with van der Waals surface area (Å²) < 4.78 is 28.8. The molecule has 0 N–H and O–H groups in total. The highest BCUT2D eigenvalue weighted by molar-refractivity contribution is 7.91. The summed E-state index contributed by atoms with van der Waals surface area (Å²) >= 11 is 0. The number of nitrogens with zero attached hydrogens (tertiary/aromatic N) is 3. The second kappa shape index (κ2) is 7.58. The van der Waals surface area contributed by atoms with Crippen LogP contribution in [0.1, 0.15) is 40.0 Å². The monoisotopic (exact) mass is 401 g/mol. The number of hydrogen-bond donors (Lipinski definition) is 0. The van der Waals surface area contributed by atoms with E-state index in [1.165, 1.54) is 0 Å². The Morgan fingerprint density at radius 2 is 1.67 bits per heavy atom. The molecule has 1 unspecified atom stereocenters. The summed E-state index contributed by atoms with van der Waals surface area (Å²) in [4.78, 5) is 30.9. The first-order valence-electron chi connectivity index (χ1n) is 9.79. The van der Waals surface area contributed by atoms with E-state index in [4.69, 9.17) is 4.74 Å². The number of amides is 2. The lowest BCUT2D eigenvalue weighted by Crippen LogP contribution is -2.56. The predicted octanol–water partition coefficient (Wildman–Crippen LogP) is 0.717. The minimum Gasteiger partial charge on any atom is -0.444 e. The number of carbonyl (C=O) groups excluding carboxylic acids is 2. The topological polar surface area (TPSA) is 87.2 Å². The van der Waals surface area contributed by atoms with Crippen LogP contribution >= 0.6 is 0 Å². The lowest BCUT2D eigenvalue weighted by molar-refractivity contribution is -0.138. The van der Waals surface area contributed by atoms with Crippen molar-refractivity contribution in [3.8, 4) is 0 Å². The molecule has 8 nitrogen and oxygen atoms in total. The van der Waals surface area contributed by atoms with Crippen LogP contribution < -0.4 is 0 Å². The Balaban J connectivity index is 1.55. The maximum absolute atomic E-state index is 13.0. The van der Waals surface area contributed by atoms with Gasteiger partial charge in [0, 0.05) is 38.8 Å². The van der Waals surface area contributed by atoms with E-state index >= 15 is 0 Å². The Morgan fingerprint density at radius 3 is 2.22 bits per heavy atom. The van der Waals surface area contributed by atoms with Crippen molar-refractivity contribution in [3.63, 3.8) is 0 Å². The molecule has 0 aromatic rings. The van der Waals surface area contributed by atoms with E-state index in [-0.39, 0.29) is 23.5 Å². The van der Waals surface area contributed by atoms with Crippen LogP contribution in [0.5, 0.6) is 0 Å². The van der Waals surface area contributed by atoms with Gasteiger partial charge in [-0.15, -0.1) is 0 Å². The maximum atomic E-state index is 13.0. The van der Waals surface area contributed by atoms with Crippen LogP contribution in [-0.2, 0) is 19.4 Å². The molecule has 3 saturated heterocycles. The molecule has 0 aliphatic carbocycles. The van der Waals surface area contributed by atoms with Gasteiger partial charge in [0.1, 0.15) is 11.6 Å². The van der Waals surface area contributed by atoms with Gasteiger partial charge in [0.15, 0.2) is 9.84 Å². The fourth-order valence-electron chi connectivity index (χ4n) is 4.14. The molecular weight excluding hydrogens is 370 g/mol. The molecule has 3 fully saturated rings. The van der Waals surface area contributed by atoms with E-state index in [0.29, 0.717) is 45.6 Å². The molecule has 3 aliphatic rings. The molecule has 0 bridgehead atoms. The van der Waals surface area contributed by atoms with Crippen LogP contribution in [0.2, 0.25) is 0 Å². The van der Waals surface area contributed by atoms with Crippen LogP contribution in [0.4, 0.5) is 4.79 Å². The highest BCUT2D eigenvalue weighted by Gasteiger charge is 2.40. The first-order chi connectivity index (χ1) is 12.6. The first kappa shape index (κ1) is 20.4. The van der Waals surface area contributed by atoms with Gasteiger partial charge >= 0.3 is 6.09 Å². The molecule has 0 spiro atoms. The van der Waals surface area contributed by atoms with E-state index in [1.54, 1.807) is 4.90 Å².